The SMILES string of the molecule is Fc1ccc2c(c1)C1=NNC(c3ccc(Cl)cc3)C1CO2. The Morgan fingerprint density at radius 1 is 1.19 bits per heavy atom. The van der Waals surface area contributed by atoms with Crippen LogP contribution in [0.4, 0.5) is 4.39 Å². The van der Waals surface area contributed by atoms with Crippen LogP contribution >= 0.6 is 11.6 Å². The lowest BCUT2D eigenvalue weighted by atomic mass is 9.86. The van der Waals surface area contributed by atoms with Gasteiger partial charge in [0, 0.05) is 10.6 Å². The van der Waals surface area contributed by atoms with Crippen LogP contribution in [0.3, 0.4) is 0 Å². The molecule has 2 aliphatic rings. The summed E-state index contributed by atoms with van der Waals surface area (Å²) in [5.41, 5.74) is 5.82. The van der Waals surface area contributed by atoms with Crippen LogP contribution in [0.2, 0.25) is 5.02 Å². The zero-order valence-corrected chi connectivity index (χ0v) is 11.8. The average Bonchev–Trinajstić information content (AvgIpc) is 2.92. The molecule has 2 aromatic rings. The predicted molar refractivity (Wildman–Crippen MR) is 79.3 cm³/mol. The number of rotatable bonds is 1. The minimum absolute atomic E-state index is 0.0219. The minimum atomic E-state index is -0.282. The summed E-state index contributed by atoms with van der Waals surface area (Å²) in [6, 6.07) is 12.2. The van der Waals surface area contributed by atoms with Gasteiger partial charge in [-0.05, 0) is 35.9 Å². The van der Waals surface area contributed by atoms with Gasteiger partial charge in [-0.15, -0.1) is 0 Å². The van der Waals surface area contributed by atoms with Gasteiger partial charge in [-0.1, -0.05) is 23.7 Å². The average molecular weight is 303 g/mol. The second-order valence-electron chi connectivity index (χ2n) is 5.21. The fourth-order valence-electron chi connectivity index (χ4n) is 2.89. The van der Waals surface area contributed by atoms with Gasteiger partial charge < -0.3 is 10.2 Å². The third-order valence-electron chi connectivity index (χ3n) is 3.94. The third-order valence-corrected chi connectivity index (χ3v) is 4.19. The van der Waals surface area contributed by atoms with E-state index >= 15 is 0 Å². The number of benzene rings is 2. The molecule has 21 heavy (non-hydrogen) atoms. The van der Waals surface area contributed by atoms with E-state index in [1.807, 2.05) is 24.3 Å². The van der Waals surface area contributed by atoms with Crippen molar-refractivity contribution >= 4 is 17.3 Å². The number of fused-ring (bicyclic) bond motifs is 3. The van der Waals surface area contributed by atoms with Crippen LogP contribution in [0.1, 0.15) is 17.2 Å². The Balaban J connectivity index is 1.70. The molecule has 3 nitrogen and oxygen atoms in total. The Morgan fingerprint density at radius 3 is 2.81 bits per heavy atom. The second-order valence-corrected chi connectivity index (χ2v) is 5.65. The summed E-state index contributed by atoms with van der Waals surface area (Å²) in [6.07, 6.45) is 0. The molecule has 5 heteroatoms. The van der Waals surface area contributed by atoms with Crippen molar-refractivity contribution in [3.05, 3.63) is 64.4 Å². The van der Waals surface area contributed by atoms with E-state index in [0.717, 1.165) is 16.8 Å². The molecule has 2 aliphatic heterocycles. The van der Waals surface area contributed by atoms with Crippen LogP contribution in [-0.4, -0.2) is 12.3 Å². The topological polar surface area (TPSA) is 33.6 Å². The van der Waals surface area contributed by atoms with Gasteiger partial charge in [0.05, 0.1) is 24.3 Å². The van der Waals surface area contributed by atoms with Gasteiger partial charge >= 0.3 is 0 Å². The van der Waals surface area contributed by atoms with E-state index in [0.29, 0.717) is 17.4 Å². The zero-order chi connectivity index (χ0) is 14.4. The highest BCUT2D eigenvalue weighted by molar-refractivity contribution is 6.30. The molecule has 106 valence electrons. The maximum atomic E-state index is 13.5. The summed E-state index contributed by atoms with van der Waals surface area (Å²) >= 11 is 5.92. The normalized spacial score (nSPS) is 22.7. The summed E-state index contributed by atoms with van der Waals surface area (Å²) in [5, 5.41) is 5.11. The number of hydrazone groups is 1. The summed E-state index contributed by atoms with van der Waals surface area (Å²) in [5.74, 6) is 0.473. The summed E-state index contributed by atoms with van der Waals surface area (Å²) in [7, 11) is 0. The fourth-order valence-corrected chi connectivity index (χ4v) is 3.02. The Labute approximate surface area is 126 Å². The van der Waals surface area contributed by atoms with Crippen LogP contribution in [-0.2, 0) is 0 Å². The first-order valence-corrected chi connectivity index (χ1v) is 7.11. The van der Waals surface area contributed by atoms with E-state index in [1.165, 1.54) is 12.1 Å². The molecule has 0 fully saturated rings. The maximum Gasteiger partial charge on any atom is 0.128 e. The molecule has 2 heterocycles. The van der Waals surface area contributed by atoms with Crippen LogP contribution < -0.4 is 10.2 Å². The number of hydrogen-bond acceptors (Lipinski definition) is 3. The molecule has 0 radical (unpaired) electrons. The number of nitrogens with zero attached hydrogens (tertiary/aromatic N) is 1. The molecule has 0 aliphatic carbocycles. The van der Waals surface area contributed by atoms with Crippen LogP contribution in [0, 0.1) is 11.7 Å². The molecular formula is C16H12ClFN2O. The number of ether oxygens (including phenoxy) is 1. The molecule has 2 unspecified atom stereocenters. The standard InChI is InChI=1S/C16H12ClFN2O/c17-10-3-1-9(2-4-10)15-13-8-21-14-6-5-11(18)7-12(14)16(13)20-19-15/h1-7,13,15,19H,8H2. The summed E-state index contributed by atoms with van der Waals surface area (Å²) < 4.78 is 19.2. The van der Waals surface area contributed by atoms with Crippen LogP contribution in [0.25, 0.3) is 0 Å². The number of nitrogens with one attached hydrogen (secondary N) is 1. The fraction of sp³-hybridized carbons (Fsp3) is 0.188. The van der Waals surface area contributed by atoms with Crippen molar-refractivity contribution in [3.8, 4) is 5.75 Å². The summed E-state index contributed by atoms with van der Waals surface area (Å²) in [6.45, 7) is 0.526. The first-order valence-electron chi connectivity index (χ1n) is 6.73. The van der Waals surface area contributed by atoms with E-state index in [4.69, 9.17) is 16.3 Å². The molecule has 0 bridgehead atoms. The number of hydrogen-bond donors (Lipinski definition) is 1. The highest BCUT2D eigenvalue weighted by atomic mass is 35.5. The Kier molecular flexibility index (Phi) is 2.86. The van der Waals surface area contributed by atoms with Gasteiger partial charge in [0.2, 0.25) is 0 Å². The van der Waals surface area contributed by atoms with Gasteiger partial charge in [0.1, 0.15) is 11.6 Å². The van der Waals surface area contributed by atoms with Gasteiger partial charge in [-0.3, -0.25) is 0 Å². The molecule has 0 spiro atoms. The van der Waals surface area contributed by atoms with Gasteiger partial charge in [0.15, 0.2) is 0 Å². The van der Waals surface area contributed by atoms with E-state index in [2.05, 4.69) is 10.5 Å². The van der Waals surface area contributed by atoms with Crippen molar-refractivity contribution in [1.29, 1.82) is 0 Å². The first kappa shape index (κ1) is 12.7. The van der Waals surface area contributed by atoms with E-state index in [1.54, 1.807) is 6.07 Å². The molecule has 1 N–H and O–H groups in total. The molecule has 0 saturated carbocycles. The highest BCUT2D eigenvalue weighted by Crippen LogP contribution is 2.37. The molecule has 0 saturated heterocycles. The van der Waals surface area contributed by atoms with Crippen molar-refractivity contribution in [2.24, 2.45) is 11.0 Å². The monoisotopic (exact) mass is 302 g/mol. The van der Waals surface area contributed by atoms with E-state index in [9.17, 15) is 4.39 Å². The van der Waals surface area contributed by atoms with E-state index in [-0.39, 0.29) is 17.8 Å². The smallest absolute Gasteiger partial charge is 0.128 e. The molecule has 0 aromatic heterocycles. The van der Waals surface area contributed by atoms with Crippen molar-refractivity contribution in [3.63, 3.8) is 0 Å². The highest BCUT2D eigenvalue weighted by Gasteiger charge is 2.38. The van der Waals surface area contributed by atoms with Crippen LogP contribution in [0.15, 0.2) is 47.6 Å². The molecule has 2 aromatic carbocycles. The molecule has 4 rings (SSSR count). The van der Waals surface area contributed by atoms with Crippen molar-refractivity contribution in [2.45, 2.75) is 6.04 Å². The van der Waals surface area contributed by atoms with Gasteiger partial charge in [-0.25, -0.2) is 4.39 Å². The van der Waals surface area contributed by atoms with Crippen molar-refractivity contribution < 1.29 is 9.13 Å². The Bertz CT molecular complexity index is 730. The summed E-state index contributed by atoms with van der Waals surface area (Å²) in [4.78, 5) is 0. The lowest BCUT2D eigenvalue weighted by Gasteiger charge is -2.26. The Morgan fingerprint density at radius 2 is 2.00 bits per heavy atom. The van der Waals surface area contributed by atoms with Crippen molar-refractivity contribution in [1.82, 2.24) is 5.43 Å². The van der Waals surface area contributed by atoms with E-state index < -0.39 is 0 Å². The Hall–Kier alpha value is -2.07. The van der Waals surface area contributed by atoms with Crippen LogP contribution in [0.5, 0.6) is 5.75 Å². The first-order chi connectivity index (χ1) is 10.2. The maximum absolute atomic E-state index is 13.5. The zero-order valence-electron chi connectivity index (χ0n) is 11.0. The minimum Gasteiger partial charge on any atom is -0.492 e. The quantitative estimate of drug-likeness (QED) is 0.874. The van der Waals surface area contributed by atoms with Gasteiger partial charge in [0.25, 0.3) is 0 Å². The lowest BCUT2D eigenvalue weighted by Crippen LogP contribution is -2.31. The third kappa shape index (κ3) is 2.07. The predicted octanol–water partition coefficient (Wildman–Crippen LogP) is 3.54. The molecule has 0 amide bonds. The molecule has 2 atom stereocenters. The van der Waals surface area contributed by atoms with Crippen molar-refractivity contribution in [2.75, 3.05) is 6.61 Å². The van der Waals surface area contributed by atoms with Gasteiger partial charge in [-0.2, -0.15) is 5.10 Å². The second kappa shape index (κ2) is 4.74. The number of halogens is 2. The molecular weight excluding hydrogens is 291 g/mol. The largest absolute Gasteiger partial charge is 0.492 e. The lowest BCUT2D eigenvalue weighted by molar-refractivity contribution is 0.253.